The lowest BCUT2D eigenvalue weighted by Crippen LogP contribution is -2.19. The molecular weight excluding hydrogens is 174 g/mol. The Hall–Kier alpha value is -0.990. The number of nitrogen functional groups attached to an aromatic ring is 1. The predicted molar refractivity (Wildman–Crippen MR) is 55.7 cm³/mol. The molecule has 2 N–H and O–H groups in total. The molecule has 0 radical (unpaired) electrons. The van der Waals surface area contributed by atoms with E-state index in [0.717, 1.165) is 17.5 Å². The van der Waals surface area contributed by atoms with Crippen LogP contribution in [0.25, 0.3) is 0 Å². The lowest BCUT2D eigenvalue weighted by atomic mass is 9.85. The Kier molecular flexibility index (Phi) is 1.79. The van der Waals surface area contributed by atoms with Gasteiger partial charge in [-0.15, -0.1) is 0 Å². The molecule has 1 aromatic rings. The largest absolute Gasteiger partial charge is 0.396 e. The summed E-state index contributed by atoms with van der Waals surface area (Å²) in [5.41, 5.74) is 6.48. The fourth-order valence-electron chi connectivity index (χ4n) is 3.24. The highest BCUT2D eigenvalue weighted by molar-refractivity contribution is 5.30. The van der Waals surface area contributed by atoms with Crippen LogP contribution in [0.1, 0.15) is 38.1 Å². The van der Waals surface area contributed by atoms with Crippen molar-refractivity contribution in [2.45, 2.75) is 38.1 Å². The summed E-state index contributed by atoms with van der Waals surface area (Å²) < 4.78 is 2.08. The maximum Gasteiger partial charge on any atom is 0.0719 e. The molecule has 3 atom stereocenters. The molecule has 0 aliphatic heterocycles. The van der Waals surface area contributed by atoms with Gasteiger partial charge in [0.15, 0.2) is 0 Å². The molecule has 3 rings (SSSR count). The quantitative estimate of drug-likeness (QED) is 0.739. The zero-order valence-electron chi connectivity index (χ0n) is 8.39. The van der Waals surface area contributed by atoms with Gasteiger partial charge in [-0.3, -0.25) is 4.68 Å². The van der Waals surface area contributed by atoms with Crippen LogP contribution in [-0.4, -0.2) is 9.78 Å². The van der Waals surface area contributed by atoms with Crippen LogP contribution in [0.15, 0.2) is 12.4 Å². The number of anilines is 1. The van der Waals surface area contributed by atoms with Gasteiger partial charge in [0.25, 0.3) is 0 Å². The summed E-state index contributed by atoms with van der Waals surface area (Å²) in [6.45, 7) is 0. The van der Waals surface area contributed by atoms with E-state index < -0.39 is 0 Å². The molecule has 2 bridgehead atoms. The van der Waals surface area contributed by atoms with Crippen molar-refractivity contribution in [2.24, 2.45) is 11.8 Å². The summed E-state index contributed by atoms with van der Waals surface area (Å²) in [6, 6.07) is 0.624. The van der Waals surface area contributed by atoms with E-state index in [1.807, 2.05) is 6.20 Å². The zero-order valence-corrected chi connectivity index (χ0v) is 8.39. The van der Waals surface area contributed by atoms with Crippen LogP contribution in [0.3, 0.4) is 0 Å². The highest BCUT2D eigenvalue weighted by Crippen LogP contribution is 2.46. The van der Waals surface area contributed by atoms with Gasteiger partial charge in [-0.2, -0.15) is 5.10 Å². The predicted octanol–water partition coefficient (Wildman–Crippen LogP) is 2.22. The molecule has 1 aromatic heterocycles. The van der Waals surface area contributed by atoms with Crippen molar-refractivity contribution >= 4 is 5.69 Å². The topological polar surface area (TPSA) is 43.8 Å². The molecule has 1 heterocycles. The van der Waals surface area contributed by atoms with Gasteiger partial charge in [0.2, 0.25) is 0 Å². The Morgan fingerprint density at radius 3 is 2.50 bits per heavy atom. The molecular formula is C11H17N3. The van der Waals surface area contributed by atoms with Crippen molar-refractivity contribution in [3.05, 3.63) is 12.4 Å². The molecule has 2 saturated carbocycles. The zero-order chi connectivity index (χ0) is 9.54. The third-order valence-electron chi connectivity index (χ3n) is 3.86. The number of hydrogen-bond acceptors (Lipinski definition) is 2. The highest BCUT2D eigenvalue weighted by atomic mass is 15.3. The molecule has 0 unspecified atom stereocenters. The standard InChI is InChI=1S/C11H17N3/c12-10-6-13-14(7-10)11-4-8-1-2-9(3-8)5-11/h6-9,11H,1-5,12H2/t8-,9+,11+. The first kappa shape index (κ1) is 8.33. The number of rotatable bonds is 1. The molecule has 14 heavy (non-hydrogen) atoms. The van der Waals surface area contributed by atoms with E-state index in [-0.39, 0.29) is 0 Å². The highest BCUT2D eigenvalue weighted by Gasteiger charge is 2.34. The van der Waals surface area contributed by atoms with Gasteiger partial charge in [-0.1, -0.05) is 12.8 Å². The van der Waals surface area contributed by atoms with Gasteiger partial charge in [-0.25, -0.2) is 0 Å². The monoisotopic (exact) mass is 191 g/mol. The fraction of sp³-hybridized carbons (Fsp3) is 0.727. The minimum Gasteiger partial charge on any atom is -0.396 e. The average molecular weight is 191 g/mol. The van der Waals surface area contributed by atoms with Gasteiger partial charge >= 0.3 is 0 Å². The first-order valence-corrected chi connectivity index (χ1v) is 5.61. The minimum atomic E-state index is 0.624. The lowest BCUT2D eigenvalue weighted by Gasteiger charge is -2.27. The smallest absolute Gasteiger partial charge is 0.0719 e. The second-order valence-corrected chi connectivity index (χ2v) is 4.92. The number of nitrogens with zero attached hydrogens (tertiary/aromatic N) is 2. The normalized spacial score (nSPS) is 36.1. The summed E-state index contributed by atoms with van der Waals surface area (Å²) in [4.78, 5) is 0. The van der Waals surface area contributed by atoms with Gasteiger partial charge in [0.05, 0.1) is 17.9 Å². The number of fused-ring (bicyclic) bond motifs is 2. The molecule has 3 heteroatoms. The maximum absolute atomic E-state index is 5.69. The van der Waals surface area contributed by atoms with Gasteiger partial charge in [-0.05, 0) is 31.1 Å². The Morgan fingerprint density at radius 2 is 1.93 bits per heavy atom. The van der Waals surface area contributed by atoms with Crippen molar-refractivity contribution < 1.29 is 0 Å². The van der Waals surface area contributed by atoms with Crippen LogP contribution in [-0.2, 0) is 0 Å². The van der Waals surface area contributed by atoms with Crippen LogP contribution in [0.5, 0.6) is 0 Å². The van der Waals surface area contributed by atoms with E-state index in [0.29, 0.717) is 6.04 Å². The third-order valence-corrected chi connectivity index (χ3v) is 3.86. The first-order valence-electron chi connectivity index (χ1n) is 5.61. The average Bonchev–Trinajstić information content (AvgIpc) is 2.73. The summed E-state index contributed by atoms with van der Waals surface area (Å²) >= 11 is 0. The molecule has 3 nitrogen and oxygen atoms in total. The molecule has 2 fully saturated rings. The summed E-state index contributed by atoms with van der Waals surface area (Å²) in [6.07, 6.45) is 10.7. The van der Waals surface area contributed by atoms with E-state index in [1.165, 1.54) is 32.1 Å². The van der Waals surface area contributed by atoms with Gasteiger partial charge in [0.1, 0.15) is 0 Å². The molecule has 0 saturated heterocycles. The van der Waals surface area contributed by atoms with Crippen molar-refractivity contribution in [1.82, 2.24) is 9.78 Å². The van der Waals surface area contributed by atoms with E-state index in [9.17, 15) is 0 Å². The Morgan fingerprint density at radius 1 is 1.21 bits per heavy atom. The van der Waals surface area contributed by atoms with Crippen LogP contribution in [0, 0.1) is 11.8 Å². The Balaban J connectivity index is 1.80. The number of nitrogens with two attached hydrogens (primary N) is 1. The van der Waals surface area contributed by atoms with Crippen LogP contribution < -0.4 is 5.73 Å². The van der Waals surface area contributed by atoms with Crippen LogP contribution in [0.4, 0.5) is 5.69 Å². The van der Waals surface area contributed by atoms with Crippen LogP contribution >= 0.6 is 0 Å². The third kappa shape index (κ3) is 1.31. The van der Waals surface area contributed by atoms with Crippen molar-refractivity contribution in [1.29, 1.82) is 0 Å². The molecule has 76 valence electrons. The van der Waals surface area contributed by atoms with Crippen molar-refractivity contribution in [2.75, 3.05) is 5.73 Å². The summed E-state index contributed by atoms with van der Waals surface area (Å²) in [5, 5.41) is 4.33. The van der Waals surface area contributed by atoms with E-state index in [2.05, 4.69) is 9.78 Å². The minimum absolute atomic E-state index is 0.624. The Labute approximate surface area is 84.3 Å². The number of aromatic nitrogens is 2. The molecule has 2 aliphatic rings. The lowest BCUT2D eigenvalue weighted by molar-refractivity contribution is 0.247. The summed E-state index contributed by atoms with van der Waals surface area (Å²) in [5.74, 6) is 1.92. The molecule has 0 aromatic carbocycles. The molecule has 2 aliphatic carbocycles. The molecule has 0 amide bonds. The molecule has 0 spiro atoms. The fourth-order valence-corrected chi connectivity index (χ4v) is 3.24. The Bertz CT molecular complexity index is 319. The maximum atomic E-state index is 5.69. The van der Waals surface area contributed by atoms with E-state index in [4.69, 9.17) is 5.73 Å². The summed E-state index contributed by atoms with van der Waals surface area (Å²) in [7, 11) is 0. The second kappa shape index (κ2) is 3.01. The first-order chi connectivity index (χ1) is 6.81. The van der Waals surface area contributed by atoms with Crippen molar-refractivity contribution in [3.63, 3.8) is 0 Å². The van der Waals surface area contributed by atoms with Crippen LogP contribution in [0.2, 0.25) is 0 Å². The van der Waals surface area contributed by atoms with E-state index in [1.54, 1.807) is 6.20 Å². The SMILES string of the molecule is Nc1cnn([C@H]2C[C@@H]3CC[C@@H](C3)C2)c1. The van der Waals surface area contributed by atoms with Gasteiger partial charge in [0, 0.05) is 6.20 Å². The van der Waals surface area contributed by atoms with Gasteiger partial charge < -0.3 is 5.73 Å². The number of hydrogen-bond donors (Lipinski definition) is 1. The second-order valence-electron chi connectivity index (χ2n) is 4.92. The van der Waals surface area contributed by atoms with E-state index >= 15 is 0 Å². The van der Waals surface area contributed by atoms with Crippen molar-refractivity contribution in [3.8, 4) is 0 Å².